The quantitative estimate of drug-likeness (QED) is 0.713. The first-order valence-electron chi connectivity index (χ1n) is 6.14. The van der Waals surface area contributed by atoms with Crippen molar-refractivity contribution >= 4 is 16.2 Å². The minimum Gasteiger partial charge on any atom is -0.450 e. The molecule has 0 atom stereocenters. The number of hydrogen-bond donors (Lipinski definition) is 0. The summed E-state index contributed by atoms with van der Waals surface area (Å²) in [5.41, 5.74) is -1.36. The monoisotopic (exact) mass is 290 g/mol. The lowest BCUT2D eigenvalue weighted by Gasteiger charge is -2.35. The van der Waals surface area contributed by atoms with Gasteiger partial charge in [0.05, 0.1) is 18.4 Å². The van der Waals surface area contributed by atoms with Crippen molar-refractivity contribution in [2.24, 2.45) is 0 Å². The van der Waals surface area contributed by atoms with Gasteiger partial charge < -0.3 is 9.64 Å². The Balaban J connectivity index is 2.68. The van der Waals surface area contributed by atoms with Crippen molar-refractivity contribution in [1.29, 1.82) is 5.26 Å². The van der Waals surface area contributed by atoms with E-state index in [4.69, 9.17) is 14.2 Å². The predicted octanol–water partition coefficient (Wildman–Crippen LogP) is 0.867. The Morgan fingerprint density at radius 3 is 2.37 bits per heavy atom. The standard InChI is InChI=1S/C11H18N2O5S/c1-3-17-10(14)13-7-5-11(9-12,6-8-13)18-19(15,16)4-2/h3-8H2,1-2H3. The molecule has 1 amide bonds. The fourth-order valence-corrected chi connectivity index (χ4v) is 2.59. The summed E-state index contributed by atoms with van der Waals surface area (Å²) in [7, 11) is -3.69. The summed E-state index contributed by atoms with van der Waals surface area (Å²) in [4.78, 5) is 12.9. The van der Waals surface area contributed by atoms with Gasteiger partial charge in [-0.1, -0.05) is 0 Å². The van der Waals surface area contributed by atoms with E-state index >= 15 is 0 Å². The molecule has 0 bridgehead atoms. The Morgan fingerprint density at radius 1 is 1.37 bits per heavy atom. The summed E-state index contributed by atoms with van der Waals surface area (Å²) in [6.45, 7) is 3.92. The zero-order chi connectivity index (χ0) is 14.5. The molecular weight excluding hydrogens is 272 g/mol. The Kier molecular flexibility index (Phi) is 5.14. The van der Waals surface area contributed by atoms with Crippen molar-refractivity contribution in [1.82, 2.24) is 4.90 Å². The molecule has 8 heteroatoms. The van der Waals surface area contributed by atoms with Crippen molar-refractivity contribution in [2.75, 3.05) is 25.4 Å². The fourth-order valence-electron chi connectivity index (χ4n) is 1.78. The molecule has 1 heterocycles. The van der Waals surface area contributed by atoms with Gasteiger partial charge in [-0.05, 0) is 13.8 Å². The second-order valence-corrected chi connectivity index (χ2v) is 6.08. The van der Waals surface area contributed by atoms with Crippen molar-refractivity contribution in [3.63, 3.8) is 0 Å². The van der Waals surface area contributed by atoms with E-state index in [1.165, 1.54) is 11.8 Å². The number of hydrogen-bond acceptors (Lipinski definition) is 6. The SMILES string of the molecule is CCOC(=O)N1CCC(C#N)(OS(=O)(=O)CC)CC1. The summed E-state index contributed by atoms with van der Waals surface area (Å²) in [6.07, 6.45) is -0.143. The van der Waals surface area contributed by atoms with E-state index in [0.29, 0.717) is 0 Å². The highest BCUT2D eigenvalue weighted by Gasteiger charge is 2.41. The first-order chi connectivity index (χ1) is 8.88. The van der Waals surface area contributed by atoms with E-state index in [0.717, 1.165) is 0 Å². The van der Waals surface area contributed by atoms with E-state index in [1.807, 2.05) is 6.07 Å². The van der Waals surface area contributed by atoms with Gasteiger partial charge in [-0.25, -0.2) is 8.98 Å². The van der Waals surface area contributed by atoms with E-state index in [1.54, 1.807) is 6.92 Å². The number of nitriles is 1. The van der Waals surface area contributed by atoms with Gasteiger partial charge in [-0.15, -0.1) is 0 Å². The highest BCUT2D eigenvalue weighted by atomic mass is 32.2. The van der Waals surface area contributed by atoms with Crippen LogP contribution in [0.4, 0.5) is 4.79 Å². The molecule has 19 heavy (non-hydrogen) atoms. The summed E-state index contributed by atoms with van der Waals surface area (Å²) in [6, 6.07) is 1.92. The molecule has 0 saturated carbocycles. The molecule has 0 N–H and O–H groups in total. The van der Waals surface area contributed by atoms with Crippen LogP contribution in [0.3, 0.4) is 0 Å². The summed E-state index contributed by atoms with van der Waals surface area (Å²) >= 11 is 0. The zero-order valence-corrected chi connectivity index (χ0v) is 11.9. The first kappa shape index (κ1) is 15.7. The molecule has 0 spiro atoms. The Hall–Kier alpha value is -1.33. The van der Waals surface area contributed by atoms with Crippen LogP contribution in [-0.2, 0) is 19.0 Å². The van der Waals surface area contributed by atoms with Gasteiger partial charge in [0.15, 0.2) is 5.60 Å². The van der Waals surface area contributed by atoms with Crippen molar-refractivity contribution < 1.29 is 22.1 Å². The maximum Gasteiger partial charge on any atom is 0.409 e. The number of likely N-dealkylation sites (tertiary alicyclic amines) is 1. The highest BCUT2D eigenvalue weighted by molar-refractivity contribution is 7.86. The molecule has 1 aliphatic heterocycles. The first-order valence-corrected chi connectivity index (χ1v) is 7.72. The molecular formula is C11H18N2O5S. The van der Waals surface area contributed by atoms with E-state index in [-0.39, 0.29) is 38.3 Å². The van der Waals surface area contributed by atoms with Crippen LogP contribution >= 0.6 is 0 Å². The van der Waals surface area contributed by atoms with Crippen molar-refractivity contribution in [3.8, 4) is 6.07 Å². The van der Waals surface area contributed by atoms with E-state index in [9.17, 15) is 13.2 Å². The molecule has 108 valence electrons. The lowest BCUT2D eigenvalue weighted by molar-refractivity contribution is 0.0419. The fraction of sp³-hybridized carbons (Fsp3) is 0.818. The van der Waals surface area contributed by atoms with Gasteiger partial charge in [-0.2, -0.15) is 13.7 Å². The van der Waals surface area contributed by atoms with Crippen molar-refractivity contribution in [2.45, 2.75) is 32.3 Å². The number of nitrogens with zero attached hydrogens (tertiary/aromatic N) is 2. The van der Waals surface area contributed by atoms with E-state index in [2.05, 4.69) is 0 Å². The van der Waals surface area contributed by atoms with Gasteiger partial charge in [0.1, 0.15) is 0 Å². The van der Waals surface area contributed by atoms with Crippen LogP contribution in [0.2, 0.25) is 0 Å². The molecule has 0 radical (unpaired) electrons. The van der Waals surface area contributed by atoms with Gasteiger partial charge in [-0.3, -0.25) is 0 Å². The third kappa shape index (κ3) is 4.08. The van der Waals surface area contributed by atoms with Crippen LogP contribution < -0.4 is 0 Å². The molecule has 0 aromatic carbocycles. The Bertz CT molecular complexity index is 460. The number of ether oxygens (including phenoxy) is 1. The average Bonchev–Trinajstić information content (AvgIpc) is 2.39. The highest BCUT2D eigenvalue weighted by Crippen LogP contribution is 2.28. The number of piperidine rings is 1. The third-order valence-electron chi connectivity index (χ3n) is 2.94. The van der Waals surface area contributed by atoms with Gasteiger partial charge in [0.2, 0.25) is 0 Å². The molecule has 7 nitrogen and oxygen atoms in total. The number of carbonyl (C=O) groups excluding carboxylic acids is 1. The molecule has 1 saturated heterocycles. The molecule has 0 aromatic rings. The minimum absolute atomic E-state index is 0.154. The Morgan fingerprint density at radius 2 is 1.95 bits per heavy atom. The maximum atomic E-state index is 11.5. The molecule has 1 rings (SSSR count). The van der Waals surface area contributed by atoms with Crippen molar-refractivity contribution in [3.05, 3.63) is 0 Å². The number of carbonyl (C=O) groups is 1. The topological polar surface area (TPSA) is 96.7 Å². The molecule has 0 aliphatic carbocycles. The van der Waals surface area contributed by atoms with Crippen LogP contribution in [-0.4, -0.2) is 50.5 Å². The summed E-state index contributed by atoms with van der Waals surface area (Å²) < 4.78 is 32.8. The van der Waals surface area contributed by atoms with Crippen LogP contribution in [0.1, 0.15) is 26.7 Å². The lowest BCUT2D eigenvalue weighted by atomic mass is 9.93. The second kappa shape index (κ2) is 6.21. The largest absolute Gasteiger partial charge is 0.450 e. The maximum absolute atomic E-state index is 11.5. The normalized spacial score (nSPS) is 18.7. The van der Waals surface area contributed by atoms with Crippen LogP contribution in [0, 0.1) is 11.3 Å². The van der Waals surface area contributed by atoms with Gasteiger partial charge in [0, 0.05) is 25.9 Å². The summed E-state index contributed by atoms with van der Waals surface area (Å²) in [5.74, 6) is -0.183. The number of amides is 1. The van der Waals surface area contributed by atoms with Crippen LogP contribution in [0.15, 0.2) is 0 Å². The average molecular weight is 290 g/mol. The van der Waals surface area contributed by atoms with E-state index < -0.39 is 21.8 Å². The molecule has 1 aliphatic rings. The number of rotatable bonds is 4. The van der Waals surface area contributed by atoms with Gasteiger partial charge >= 0.3 is 6.09 Å². The Labute approximate surface area is 113 Å². The van der Waals surface area contributed by atoms with Crippen LogP contribution in [0.5, 0.6) is 0 Å². The van der Waals surface area contributed by atoms with Crippen LogP contribution in [0.25, 0.3) is 0 Å². The molecule has 1 fully saturated rings. The predicted molar refractivity (Wildman–Crippen MR) is 66.7 cm³/mol. The van der Waals surface area contributed by atoms with Gasteiger partial charge in [0.25, 0.3) is 10.1 Å². The third-order valence-corrected chi connectivity index (χ3v) is 4.22. The molecule has 0 unspecified atom stereocenters. The lowest BCUT2D eigenvalue weighted by Crippen LogP contribution is -2.48. The minimum atomic E-state index is -3.69. The zero-order valence-electron chi connectivity index (χ0n) is 11.1. The molecule has 0 aromatic heterocycles. The summed E-state index contributed by atoms with van der Waals surface area (Å²) in [5, 5.41) is 9.15. The second-order valence-electron chi connectivity index (χ2n) is 4.22. The smallest absolute Gasteiger partial charge is 0.409 e.